The Labute approximate surface area is 136 Å². The number of halogens is 2. The van der Waals surface area contributed by atoms with Crippen molar-refractivity contribution in [3.8, 4) is 0 Å². The van der Waals surface area contributed by atoms with Crippen LogP contribution in [0.2, 0.25) is 5.02 Å². The molecule has 1 N–H and O–H groups in total. The Morgan fingerprint density at radius 2 is 1.90 bits per heavy atom. The van der Waals surface area contributed by atoms with Gasteiger partial charge in [0.05, 0.1) is 0 Å². The van der Waals surface area contributed by atoms with Gasteiger partial charge in [-0.3, -0.25) is 5.32 Å². The minimum atomic E-state index is -0.513. The maximum absolute atomic E-state index is 11.5. The molecule has 2 aromatic carbocycles. The molecule has 0 heterocycles. The Hall–Kier alpha value is -1.78. The highest BCUT2D eigenvalue weighted by Gasteiger charge is 2.00. The lowest BCUT2D eigenvalue weighted by molar-refractivity contribution is 0.143. The second-order valence-corrected chi connectivity index (χ2v) is 5.52. The molecule has 0 spiro atoms. The SMILES string of the molecule is O=C(N/C=C/c1ccccc1Cl)OCc1ccc(Br)cc1. The number of amides is 1. The van der Waals surface area contributed by atoms with Crippen molar-refractivity contribution >= 4 is 39.7 Å². The number of carbonyl (C=O) groups excluding carboxylic acids is 1. The maximum atomic E-state index is 11.5. The van der Waals surface area contributed by atoms with E-state index in [1.807, 2.05) is 42.5 Å². The van der Waals surface area contributed by atoms with Crippen molar-refractivity contribution in [3.05, 3.63) is 75.4 Å². The van der Waals surface area contributed by atoms with Crippen LogP contribution in [-0.2, 0) is 11.3 Å². The minimum Gasteiger partial charge on any atom is -0.444 e. The first-order valence-electron chi connectivity index (χ1n) is 6.24. The Balaban J connectivity index is 1.80. The predicted octanol–water partition coefficient (Wildman–Crippen LogP) is 5.00. The summed E-state index contributed by atoms with van der Waals surface area (Å²) in [6, 6.07) is 14.9. The van der Waals surface area contributed by atoms with Crippen LogP contribution in [0.4, 0.5) is 4.79 Å². The number of hydrogen-bond donors (Lipinski definition) is 1. The highest BCUT2D eigenvalue weighted by atomic mass is 79.9. The van der Waals surface area contributed by atoms with Gasteiger partial charge in [0.15, 0.2) is 0 Å². The Bertz CT molecular complexity index is 641. The third kappa shape index (κ3) is 5.25. The number of rotatable bonds is 4. The smallest absolute Gasteiger partial charge is 0.411 e. The van der Waals surface area contributed by atoms with E-state index in [9.17, 15) is 4.79 Å². The van der Waals surface area contributed by atoms with Crippen LogP contribution in [0.25, 0.3) is 6.08 Å². The van der Waals surface area contributed by atoms with Crippen LogP contribution in [0.1, 0.15) is 11.1 Å². The lowest BCUT2D eigenvalue weighted by atomic mass is 10.2. The highest BCUT2D eigenvalue weighted by molar-refractivity contribution is 9.10. The third-order valence-corrected chi connectivity index (χ3v) is 3.53. The van der Waals surface area contributed by atoms with E-state index in [-0.39, 0.29) is 6.61 Å². The van der Waals surface area contributed by atoms with E-state index in [2.05, 4.69) is 21.2 Å². The summed E-state index contributed by atoms with van der Waals surface area (Å²) in [6.45, 7) is 0.221. The van der Waals surface area contributed by atoms with Crippen LogP contribution in [0.5, 0.6) is 0 Å². The zero-order valence-electron chi connectivity index (χ0n) is 11.1. The van der Waals surface area contributed by atoms with Gasteiger partial charge in [0, 0.05) is 15.7 Å². The molecular weight excluding hydrogens is 354 g/mol. The Kier molecular flexibility index (Phi) is 5.84. The number of carbonyl (C=O) groups is 1. The van der Waals surface area contributed by atoms with Crippen LogP contribution >= 0.6 is 27.5 Å². The fraction of sp³-hybridized carbons (Fsp3) is 0.0625. The average molecular weight is 367 g/mol. The molecule has 0 atom stereocenters. The van der Waals surface area contributed by atoms with Crippen molar-refractivity contribution in [2.75, 3.05) is 0 Å². The standard InChI is InChI=1S/C16H13BrClNO2/c17-14-7-5-12(6-8-14)11-21-16(20)19-10-9-13-3-1-2-4-15(13)18/h1-10H,11H2,(H,19,20)/b10-9+. The molecule has 21 heavy (non-hydrogen) atoms. The number of benzene rings is 2. The summed E-state index contributed by atoms with van der Waals surface area (Å²) < 4.78 is 6.07. The van der Waals surface area contributed by atoms with Gasteiger partial charge < -0.3 is 4.74 Å². The summed E-state index contributed by atoms with van der Waals surface area (Å²) in [5, 5.41) is 3.15. The van der Waals surface area contributed by atoms with E-state index in [1.165, 1.54) is 6.20 Å². The molecule has 5 heteroatoms. The molecule has 0 aliphatic carbocycles. The summed E-state index contributed by atoms with van der Waals surface area (Å²) in [7, 11) is 0. The molecule has 1 amide bonds. The normalized spacial score (nSPS) is 10.6. The van der Waals surface area contributed by atoms with Crippen LogP contribution in [0.3, 0.4) is 0 Å². The van der Waals surface area contributed by atoms with E-state index in [0.717, 1.165) is 15.6 Å². The molecule has 0 fully saturated rings. The highest BCUT2D eigenvalue weighted by Crippen LogP contribution is 2.15. The molecule has 2 rings (SSSR count). The van der Waals surface area contributed by atoms with Gasteiger partial charge in [0.1, 0.15) is 6.61 Å². The molecule has 0 radical (unpaired) electrons. The third-order valence-electron chi connectivity index (χ3n) is 2.65. The first kappa shape index (κ1) is 15.6. The monoisotopic (exact) mass is 365 g/mol. The van der Waals surface area contributed by atoms with Gasteiger partial charge in [-0.15, -0.1) is 0 Å². The van der Waals surface area contributed by atoms with E-state index in [1.54, 1.807) is 12.1 Å². The fourth-order valence-corrected chi connectivity index (χ4v) is 2.04. The molecular formula is C16H13BrClNO2. The van der Waals surface area contributed by atoms with Gasteiger partial charge >= 0.3 is 6.09 Å². The van der Waals surface area contributed by atoms with Gasteiger partial charge in [-0.1, -0.05) is 57.9 Å². The summed E-state index contributed by atoms with van der Waals surface area (Å²) in [5.74, 6) is 0. The molecule has 0 unspecified atom stereocenters. The first-order valence-corrected chi connectivity index (χ1v) is 7.41. The molecule has 108 valence electrons. The quantitative estimate of drug-likeness (QED) is 0.827. The van der Waals surface area contributed by atoms with Gasteiger partial charge in [0.2, 0.25) is 0 Å². The van der Waals surface area contributed by atoms with E-state index in [0.29, 0.717) is 5.02 Å². The minimum absolute atomic E-state index is 0.221. The van der Waals surface area contributed by atoms with E-state index >= 15 is 0 Å². The lowest BCUT2D eigenvalue weighted by Crippen LogP contribution is -2.18. The number of hydrogen-bond acceptors (Lipinski definition) is 2. The Morgan fingerprint density at radius 1 is 1.19 bits per heavy atom. The van der Waals surface area contributed by atoms with E-state index in [4.69, 9.17) is 16.3 Å². The second kappa shape index (κ2) is 7.86. The molecule has 0 saturated carbocycles. The van der Waals surface area contributed by atoms with Crippen LogP contribution in [-0.4, -0.2) is 6.09 Å². The van der Waals surface area contributed by atoms with Crippen LogP contribution in [0.15, 0.2) is 59.2 Å². The molecule has 0 aliphatic heterocycles. The fourth-order valence-electron chi connectivity index (χ4n) is 1.58. The molecule has 0 saturated heterocycles. The number of nitrogens with one attached hydrogen (secondary N) is 1. The molecule has 0 aromatic heterocycles. The number of alkyl carbamates (subject to hydrolysis) is 1. The van der Waals surface area contributed by atoms with Crippen molar-refractivity contribution in [2.24, 2.45) is 0 Å². The lowest BCUT2D eigenvalue weighted by Gasteiger charge is -2.04. The van der Waals surface area contributed by atoms with E-state index < -0.39 is 6.09 Å². The van der Waals surface area contributed by atoms with Crippen molar-refractivity contribution in [3.63, 3.8) is 0 Å². The van der Waals surface area contributed by atoms with Crippen molar-refractivity contribution in [1.82, 2.24) is 5.32 Å². The van der Waals surface area contributed by atoms with Gasteiger partial charge in [-0.25, -0.2) is 4.79 Å². The van der Waals surface area contributed by atoms with Crippen LogP contribution < -0.4 is 5.32 Å². The Morgan fingerprint density at radius 3 is 2.62 bits per heavy atom. The van der Waals surface area contributed by atoms with Crippen molar-refractivity contribution in [1.29, 1.82) is 0 Å². The zero-order valence-corrected chi connectivity index (χ0v) is 13.4. The number of ether oxygens (including phenoxy) is 1. The molecule has 0 bridgehead atoms. The molecule has 3 nitrogen and oxygen atoms in total. The molecule has 2 aromatic rings. The summed E-state index contributed by atoms with van der Waals surface area (Å²) in [5.41, 5.74) is 1.75. The topological polar surface area (TPSA) is 38.3 Å². The maximum Gasteiger partial charge on any atom is 0.411 e. The van der Waals surface area contributed by atoms with Gasteiger partial charge in [-0.05, 0) is 35.4 Å². The van der Waals surface area contributed by atoms with Gasteiger partial charge in [-0.2, -0.15) is 0 Å². The first-order chi connectivity index (χ1) is 10.1. The second-order valence-electron chi connectivity index (χ2n) is 4.20. The summed E-state index contributed by atoms with van der Waals surface area (Å²) >= 11 is 9.34. The zero-order chi connectivity index (χ0) is 15.1. The average Bonchev–Trinajstić information content (AvgIpc) is 2.49. The predicted molar refractivity (Wildman–Crippen MR) is 87.9 cm³/mol. The van der Waals surface area contributed by atoms with Crippen molar-refractivity contribution < 1.29 is 9.53 Å². The molecule has 0 aliphatic rings. The van der Waals surface area contributed by atoms with Crippen molar-refractivity contribution in [2.45, 2.75) is 6.61 Å². The summed E-state index contributed by atoms with van der Waals surface area (Å²) in [4.78, 5) is 11.5. The van der Waals surface area contributed by atoms with Crippen LogP contribution in [0, 0.1) is 0 Å². The van der Waals surface area contributed by atoms with Gasteiger partial charge in [0.25, 0.3) is 0 Å². The summed E-state index contributed by atoms with van der Waals surface area (Å²) in [6.07, 6.45) is 2.70. The largest absolute Gasteiger partial charge is 0.444 e.